The van der Waals surface area contributed by atoms with Crippen molar-refractivity contribution in [3.63, 3.8) is 0 Å². The Bertz CT molecular complexity index is 536. The number of ether oxygens (including phenoxy) is 4. The van der Waals surface area contributed by atoms with Crippen LogP contribution in [-0.2, 0) is 4.74 Å². The first-order chi connectivity index (χ1) is 9.40. The molecule has 0 radical (unpaired) electrons. The predicted molar refractivity (Wildman–Crippen MR) is 71.3 cm³/mol. The second-order valence-corrected chi connectivity index (χ2v) is 4.20. The Morgan fingerprint density at radius 1 is 1.26 bits per heavy atom. The van der Waals surface area contributed by atoms with E-state index in [0.29, 0.717) is 19.8 Å². The molecule has 5 nitrogen and oxygen atoms in total. The Morgan fingerprint density at radius 3 is 3.00 bits per heavy atom. The summed E-state index contributed by atoms with van der Waals surface area (Å²) >= 11 is 0. The standard InChI is InChI=1S/C14H15NO4/c1-16-6-7-17-11-2-3-12-14(19-9-18-12)13(11)10-4-5-15-8-10/h2-5H,6-9H2,1H3. The highest BCUT2D eigenvalue weighted by atomic mass is 16.7. The Morgan fingerprint density at radius 2 is 2.21 bits per heavy atom. The first kappa shape index (κ1) is 12.0. The van der Waals surface area contributed by atoms with Crippen LogP contribution in [0.3, 0.4) is 0 Å². The van der Waals surface area contributed by atoms with Crippen molar-refractivity contribution in [1.82, 2.24) is 0 Å². The van der Waals surface area contributed by atoms with Crippen molar-refractivity contribution in [2.45, 2.75) is 0 Å². The van der Waals surface area contributed by atoms with Crippen molar-refractivity contribution in [1.29, 1.82) is 0 Å². The minimum Gasteiger partial charge on any atom is -0.490 e. The lowest BCUT2D eigenvalue weighted by molar-refractivity contribution is 0.146. The van der Waals surface area contributed by atoms with Gasteiger partial charge in [-0.3, -0.25) is 4.99 Å². The molecule has 0 amide bonds. The van der Waals surface area contributed by atoms with Crippen LogP contribution in [0.2, 0.25) is 0 Å². The highest BCUT2D eigenvalue weighted by Crippen LogP contribution is 2.44. The summed E-state index contributed by atoms with van der Waals surface area (Å²) in [7, 11) is 1.65. The number of fused-ring (bicyclic) bond motifs is 1. The van der Waals surface area contributed by atoms with Crippen LogP contribution in [0.1, 0.15) is 5.56 Å². The average molecular weight is 261 g/mol. The van der Waals surface area contributed by atoms with Gasteiger partial charge in [-0.25, -0.2) is 0 Å². The number of hydrogen-bond acceptors (Lipinski definition) is 5. The molecule has 0 bridgehead atoms. The zero-order valence-electron chi connectivity index (χ0n) is 10.7. The third-order valence-electron chi connectivity index (χ3n) is 3.01. The molecule has 19 heavy (non-hydrogen) atoms. The maximum Gasteiger partial charge on any atom is 0.231 e. The number of allylic oxidation sites excluding steroid dienone is 1. The second-order valence-electron chi connectivity index (χ2n) is 4.20. The Labute approximate surface area is 111 Å². The first-order valence-corrected chi connectivity index (χ1v) is 6.14. The van der Waals surface area contributed by atoms with Crippen LogP contribution < -0.4 is 14.2 Å². The van der Waals surface area contributed by atoms with Gasteiger partial charge in [-0.2, -0.15) is 0 Å². The third kappa shape index (κ3) is 2.29. The fourth-order valence-corrected chi connectivity index (χ4v) is 2.12. The summed E-state index contributed by atoms with van der Waals surface area (Å²) in [5, 5.41) is 0. The maximum absolute atomic E-state index is 5.76. The fraction of sp³-hybridized carbons (Fsp3) is 0.357. The van der Waals surface area contributed by atoms with E-state index < -0.39 is 0 Å². The van der Waals surface area contributed by atoms with Gasteiger partial charge in [0.25, 0.3) is 0 Å². The van der Waals surface area contributed by atoms with E-state index in [0.717, 1.165) is 28.4 Å². The van der Waals surface area contributed by atoms with Crippen LogP contribution in [0, 0.1) is 0 Å². The molecule has 0 atom stereocenters. The van der Waals surface area contributed by atoms with Crippen molar-refractivity contribution in [3.8, 4) is 17.2 Å². The van der Waals surface area contributed by atoms with Crippen molar-refractivity contribution in [2.75, 3.05) is 33.7 Å². The van der Waals surface area contributed by atoms with Crippen LogP contribution in [0.25, 0.3) is 5.57 Å². The van der Waals surface area contributed by atoms with Gasteiger partial charge in [0.05, 0.1) is 18.7 Å². The molecule has 0 fully saturated rings. The summed E-state index contributed by atoms with van der Waals surface area (Å²) in [4.78, 5) is 4.21. The summed E-state index contributed by atoms with van der Waals surface area (Å²) < 4.78 is 21.7. The minimum atomic E-state index is 0.248. The topological polar surface area (TPSA) is 49.3 Å². The van der Waals surface area contributed by atoms with E-state index >= 15 is 0 Å². The van der Waals surface area contributed by atoms with E-state index in [1.54, 1.807) is 13.3 Å². The molecular formula is C14H15NO4. The summed E-state index contributed by atoms with van der Waals surface area (Å²) in [6.07, 6.45) is 3.77. The molecule has 0 saturated carbocycles. The summed E-state index contributed by atoms with van der Waals surface area (Å²) in [5.74, 6) is 2.27. The summed E-state index contributed by atoms with van der Waals surface area (Å²) in [6.45, 7) is 1.93. The van der Waals surface area contributed by atoms with Crippen LogP contribution in [0.15, 0.2) is 23.2 Å². The largest absolute Gasteiger partial charge is 0.490 e. The zero-order valence-corrected chi connectivity index (χ0v) is 10.7. The highest BCUT2D eigenvalue weighted by Gasteiger charge is 2.24. The molecule has 0 aromatic heterocycles. The van der Waals surface area contributed by atoms with Crippen molar-refractivity contribution in [3.05, 3.63) is 23.8 Å². The molecule has 0 spiro atoms. The number of methoxy groups -OCH3 is 1. The number of aliphatic imine (C=N–C) groups is 1. The van der Waals surface area contributed by atoms with Crippen LogP contribution >= 0.6 is 0 Å². The smallest absolute Gasteiger partial charge is 0.231 e. The van der Waals surface area contributed by atoms with Gasteiger partial charge < -0.3 is 18.9 Å². The lowest BCUT2D eigenvalue weighted by Crippen LogP contribution is -2.06. The van der Waals surface area contributed by atoms with Gasteiger partial charge >= 0.3 is 0 Å². The van der Waals surface area contributed by atoms with Gasteiger partial charge in [0, 0.05) is 13.3 Å². The first-order valence-electron chi connectivity index (χ1n) is 6.14. The molecule has 2 aliphatic rings. The molecule has 1 aromatic rings. The van der Waals surface area contributed by atoms with Crippen molar-refractivity contribution < 1.29 is 18.9 Å². The molecule has 0 saturated heterocycles. The molecule has 100 valence electrons. The molecule has 2 aliphatic heterocycles. The summed E-state index contributed by atoms with van der Waals surface area (Å²) in [5.41, 5.74) is 2.01. The molecule has 0 N–H and O–H groups in total. The lowest BCUT2D eigenvalue weighted by atomic mass is 10.0. The number of nitrogens with zero attached hydrogens (tertiary/aromatic N) is 1. The predicted octanol–water partition coefficient (Wildman–Crippen LogP) is 1.91. The minimum absolute atomic E-state index is 0.248. The van der Waals surface area contributed by atoms with Gasteiger partial charge in [-0.15, -0.1) is 0 Å². The van der Waals surface area contributed by atoms with Gasteiger partial charge in [-0.1, -0.05) is 0 Å². The van der Waals surface area contributed by atoms with Gasteiger partial charge in [0.2, 0.25) is 6.79 Å². The molecule has 5 heteroatoms. The summed E-state index contributed by atoms with van der Waals surface area (Å²) in [6, 6.07) is 3.77. The average Bonchev–Trinajstić information content (AvgIpc) is 3.09. The van der Waals surface area contributed by atoms with Crippen molar-refractivity contribution in [2.24, 2.45) is 4.99 Å². The maximum atomic E-state index is 5.76. The zero-order chi connectivity index (χ0) is 13.1. The van der Waals surface area contributed by atoms with E-state index in [1.807, 2.05) is 18.2 Å². The van der Waals surface area contributed by atoms with Gasteiger partial charge in [0.15, 0.2) is 11.5 Å². The second kappa shape index (κ2) is 5.32. The fourth-order valence-electron chi connectivity index (χ4n) is 2.12. The molecule has 3 rings (SSSR count). The number of rotatable bonds is 5. The van der Waals surface area contributed by atoms with Crippen molar-refractivity contribution >= 4 is 11.8 Å². The Kier molecular flexibility index (Phi) is 3.37. The lowest BCUT2D eigenvalue weighted by Gasteiger charge is -2.14. The number of hydrogen-bond donors (Lipinski definition) is 0. The van der Waals surface area contributed by atoms with E-state index in [-0.39, 0.29) is 6.79 Å². The van der Waals surface area contributed by atoms with Gasteiger partial charge in [0.1, 0.15) is 12.4 Å². The molecular weight excluding hydrogens is 246 g/mol. The number of benzene rings is 1. The molecule has 2 heterocycles. The molecule has 1 aromatic carbocycles. The van der Waals surface area contributed by atoms with Crippen LogP contribution in [0.4, 0.5) is 0 Å². The normalized spacial score (nSPS) is 15.7. The Balaban J connectivity index is 1.94. The molecule has 0 unspecified atom stereocenters. The molecule has 0 aliphatic carbocycles. The van der Waals surface area contributed by atoms with E-state index in [2.05, 4.69) is 4.99 Å². The van der Waals surface area contributed by atoms with E-state index in [4.69, 9.17) is 18.9 Å². The van der Waals surface area contributed by atoms with E-state index in [1.165, 1.54) is 0 Å². The third-order valence-corrected chi connectivity index (χ3v) is 3.01. The van der Waals surface area contributed by atoms with E-state index in [9.17, 15) is 0 Å². The van der Waals surface area contributed by atoms with Crippen LogP contribution in [0.5, 0.6) is 17.2 Å². The monoisotopic (exact) mass is 261 g/mol. The SMILES string of the molecule is COCCOc1ccc2c(c1C1=CC=NC1)OCO2. The quantitative estimate of drug-likeness (QED) is 0.760. The highest BCUT2D eigenvalue weighted by molar-refractivity contribution is 5.93. The van der Waals surface area contributed by atoms with Crippen LogP contribution in [-0.4, -0.2) is 39.9 Å². The van der Waals surface area contributed by atoms with Gasteiger partial charge in [-0.05, 0) is 23.8 Å². The Hall–Kier alpha value is -2.01.